The van der Waals surface area contributed by atoms with E-state index in [4.69, 9.17) is 0 Å². The van der Waals surface area contributed by atoms with Crippen LogP contribution in [-0.2, 0) is 20.2 Å². The van der Waals surface area contributed by atoms with Crippen molar-refractivity contribution >= 4 is 70.9 Å². The lowest BCUT2D eigenvalue weighted by Crippen LogP contribution is -2.14. The summed E-state index contributed by atoms with van der Waals surface area (Å²) in [5.74, 6) is -0.164. The molecular weight excluding hydrogens is 677 g/mol. The second-order valence-corrected chi connectivity index (χ2v) is 13.2. The van der Waals surface area contributed by atoms with Gasteiger partial charge in [-0.25, -0.2) is 4.99 Å². The lowest BCUT2D eigenvalue weighted by molar-refractivity contribution is -0.385. The zero-order chi connectivity index (χ0) is 34.9. The van der Waals surface area contributed by atoms with E-state index < -0.39 is 35.7 Å². The summed E-state index contributed by atoms with van der Waals surface area (Å²) in [6, 6.07) is 17.2. The third-order valence-corrected chi connectivity index (χ3v) is 8.97. The number of aliphatic imine (C=N–C) groups is 1. The van der Waals surface area contributed by atoms with Gasteiger partial charge in [-0.2, -0.15) is 27.0 Å². The van der Waals surface area contributed by atoms with Gasteiger partial charge in [0.05, 0.1) is 44.0 Å². The monoisotopic (exact) mass is 698 g/mol. The maximum Gasteiger partial charge on any atom is 0.296 e. The van der Waals surface area contributed by atoms with E-state index in [0.29, 0.717) is 33.6 Å². The molecular formula is C32H22N6O9S2. The highest BCUT2D eigenvalue weighted by atomic mass is 32.2. The highest BCUT2D eigenvalue weighted by Gasteiger charge is 2.21. The Hall–Kier alpha value is -6.14. The minimum Gasteiger partial charge on any atom is -0.505 e. The van der Waals surface area contributed by atoms with Gasteiger partial charge in [-0.15, -0.1) is 5.10 Å². The van der Waals surface area contributed by atoms with Crippen molar-refractivity contribution in [1.82, 2.24) is 0 Å². The van der Waals surface area contributed by atoms with Gasteiger partial charge in [0.25, 0.3) is 25.9 Å². The first-order valence-corrected chi connectivity index (χ1v) is 16.9. The third kappa shape index (κ3) is 7.09. The number of nitrogens with one attached hydrogen (secondary N) is 1. The molecule has 0 saturated carbocycles. The summed E-state index contributed by atoms with van der Waals surface area (Å²) in [6.45, 7) is 0. The molecule has 0 radical (unpaired) electrons. The van der Waals surface area contributed by atoms with Crippen LogP contribution in [0.2, 0.25) is 0 Å². The molecule has 2 aliphatic rings. The Balaban J connectivity index is 1.22. The van der Waals surface area contributed by atoms with Gasteiger partial charge in [0.2, 0.25) is 0 Å². The van der Waals surface area contributed by atoms with Gasteiger partial charge in [-0.3, -0.25) is 24.6 Å². The molecule has 0 aromatic heterocycles. The summed E-state index contributed by atoms with van der Waals surface area (Å²) in [4.78, 5) is 13.5. The number of aromatic hydroxyl groups is 1. The van der Waals surface area contributed by atoms with E-state index >= 15 is 0 Å². The van der Waals surface area contributed by atoms with E-state index in [1.54, 1.807) is 30.4 Å². The molecule has 6 rings (SSSR count). The molecule has 0 saturated heterocycles. The average Bonchev–Trinajstić information content (AvgIpc) is 3.07. The molecule has 49 heavy (non-hydrogen) atoms. The van der Waals surface area contributed by atoms with Crippen molar-refractivity contribution < 1.29 is 36.0 Å². The van der Waals surface area contributed by atoms with E-state index in [1.165, 1.54) is 36.4 Å². The lowest BCUT2D eigenvalue weighted by Gasteiger charge is -2.15. The Morgan fingerprint density at radius 2 is 1.39 bits per heavy atom. The highest BCUT2D eigenvalue weighted by molar-refractivity contribution is 7.86. The number of phenols is 1. The molecule has 0 amide bonds. The number of anilines is 1. The van der Waals surface area contributed by atoms with Gasteiger partial charge in [-0.1, -0.05) is 30.3 Å². The summed E-state index contributed by atoms with van der Waals surface area (Å²) in [6.07, 6.45) is 9.64. The molecule has 0 heterocycles. The van der Waals surface area contributed by atoms with Gasteiger partial charge in [0.15, 0.2) is 0 Å². The number of nitro groups is 1. The number of fused-ring (bicyclic) bond motifs is 2. The van der Waals surface area contributed by atoms with Crippen LogP contribution >= 0.6 is 0 Å². The Kier molecular flexibility index (Phi) is 8.57. The molecule has 4 N–H and O–H groups in total. The number of hydrogen-bond acceptors (Lipinski definition) is 12. The Bertz CT molecular complexity index is 2500. The maximum atomic E-state index is 11.8. The van der Waals surface area contributed by atoms with Crippen LogP contribution in [0.1, 0.15) is 11.1 Å². The predicted octanol–water partition coefficient (Wildman–Crippen LogP) is 5.38. The van der Waals surface area contributed by atoms with E-state index in [-0.39, 0.29) is 22.0 Å². The van der Waals surface area contributed by atoms with Crippen LogP contribution in [0.5, 0.6) is 5.75 Å². The van der Waals surface area contributed by atoms with Gasteiger partial charge < -0.3 is 5.11 Å². The topological polar surface area (TPSA) is 234 Å². The van der Waals surface area contributed by atoms with Crippen molar-refractivity contribution in [2.24, 2.45) is 20.3 Å². The molecule has 0 aliphatic heterocycles. The fraction of sp³-hybridized carbons (Fsp3) is 0. The molecule has 0 bridgehead atoms. The van der Waals surface area contributed by atoms with Crippen molar-refractivity contribution in [3.8, 4) is 5.75 Å². The number of rotatable bonds is 7. The van der Waals surface area contributed by atoms with Crippen LogP contribution in [0.3, 0.4) is 0 Å². The van der Waals surface area contributed by atoms with Crippen LogP contribution in [0, 0.1) is 10.1 Å². The molecule has 4 aromatic carbocycles. The van der Waals surface area contributed by atoms with Gasteiger partial charge in [0, 0.05) is 28.6 Å². The number of non-ortho nitro benzene ring substituents is 1. The zero-order valence-electron chi connectivity index (χ0n) is 24.7. The second kappa shape index (κ2) is 12.8. The lowest BCUT2D eigenvalue weighted by atomic mass is 9.94. The van der Waals surface area contributed by atoms with Crippen molar-refractivity contribution in [3.05, 3.63) is 130 Å². The second-order valence-electron chi connectivity index (χ2n) is 10.4. The molecule has 0 atom stereocenters. The number of nitro benzene ring substituents is 1. The van der Waals surface area contributed by atoms with Gasteiger partial charge in [0.1, 0.15) is 10.6 Å². The van der Waals surface area contributed by atoms with Crippen molar-refractivity contribution in [3.63, 3.8) is 0 Å². The first-order chi connectivity index (χ1) is 23.3. The van der Waals surface area contributed by atoms with Crippen molar-refractivity contribution in [2.75, 3.05) is 5.43 Å². The minimum atomic E-state index is -4.79. The fourth-order valence-electron chi connectivity index (χ4n) is 4.87. The predicted molar refractivity (Wildman–Crippen MR) is 183 cm³/mol. The molecule has 4 aromatic rings. The number of hydrazone groups is 1. The van der Waals surface area contributed by atoms with Crippen LogP contribution in [0.25, 0.3) is 10.8 Å². The van der Waals surface area contributed by atoms with Gasteiger partial charge >= 0.3 is 0 Å². The molecule has 0 fully saturated rings. The molecule has 17 heteroatoms. The number of hydrogen-bond donors (Lipinski definition) is 4. The molecule has 2 aliphatic carbocycles. The minimum absolute atomic E-state index is 0.164. The Morgan fingerprint density at radius 1 is 0.714 bits per heavy atom. The number of nitrogens with zero attached hydrogens (tertiary/aromatic N) is 5. The van der Waals surface area contributed by atoms with E-state index in [0.717, 1.165) is 29.3 Å². The summed E-state index contributed by atoms with van der Waals surface area (Å²) in [5, 5.41) is 35.7. The standard InChI is InChI=1S/C32H22N6O9S2/c39-32-24-12-11-23(48(42,43)44)17-19(24)5-13-30(32)37-36-28-16-15-27(25-3-1-2-4-26(25)28)35-34-21-8-6-20(7-9-21)33-29-14-10-22(38(40)41)18-31(29)49(45,46)47/h1-18,37,39H,(H,42,43,44)(H,45,46,47). The summed E-state index contributed by atoms with van der Waals surface area (Å²) in [7, 11) is -9.19. The molecule has 0 unspecified atom stereocenters. The highest BCUT2D eigenvalue weighted by Crippen LogP contribution is 2.34. The van der Waals surface area contributed by atoms with Crippen LogP contribution in [0.15, 0.2) is 139 Å². The van der Waals surface area contributed by atoms with Crippen LogP contribution in [-0.4, -0.2) is 58.8 Å². The third-order valence-electron chi connectivity index (χ3n) is 7.24. The molecule has 0 spiro atoms. The average molecular weight is 699 g/mol. The van der Waals surface area contributed by atoms with Crippen molar-refractivity contribution in [1.29, 1.82) is 0 Å². The molecule has 246 valence electrons. The first kappa shape index (κ1) is 32.8. The Morgan fingerprint density at radius 3 is 2.06 bits per heavy atom. The number of benzene rings is 4. The van der Waals surface area contributed by atoms with E-state index in [9.17, 15) is 41.2 Å². The summed E-state index contributed by atoms with van der Waals surface area (Å²) < 4.78 is 65.4. The zero-order valence-corrected chi connectivity index (χ0v) is 26.4. The first-order valence-electron chi connectivity index (χ1n) is 14.0. The van der Waals surface area contributed by atoms with E-state index in [1.807, 2.05) is 24.3 Å². The molecule has 15 nitrogen and oxygen atoms in total. The maximum absolute atomic E-state index is 11.8. The largest absolute Gasteiger partial charge is 0.505 e. The normalized spacial score (nSPS) is 15.9. The Labute approximate surface area is 278 Å². The quantitative estimate of drug-likeness (QED) is 0.0632. The van der Waals surface area contributed by atoms with Crippen molar-refractivity contribution in [2.45, 2.75) is 9.79 Å². The van der Waals surface area contributed by atoms with E-state index in [2.05, 4.69) is 25.7 Å². The number of allylic oxidation sites excluding steroid dienone is 6. The van der Waals surface area contributed by atoms with Crippen LogP contribution in [0.4, 0.5) is 17.1 Å². The summed E-state index contributed by atoms with van der Waals surface area (Å²) >= 11 is 0. The number of phenolic OH excluding ortho intramolecular Hbond substituents is 1. The smallest absolute Gasteiger partial charge is 0.296 e. The van der Waals surface area contributed by atoms with Crippen LogP contribution < -0.4 is 5.43 Å². The fourth-order valence-corrected chi connectivity index (χ4v) is 6.04. The summed E-state index contributed by atoms with van der Waals surface area (Å²) in [5.41, 5.74) is 5.63. The SMILES string of the molecule is O=[N+]([O-])c1ccc(N=C2C=CC(=NN=C3C=CC(=NNc4ccc5cc(S(=O)(=O)O)ccc5c4O)c4ccccc43)C=C2)c(S(=O)(=O)O)c1. The van der Waals surface area contributed by atoms with Gasteiger partial charge in [-0.05, 0) is 72.2 Å².